The zero-order valence-electron chi connectivity index (χ0n) is 22.4. The number of allylic oxidation sites excluding steroid dienone is 3. The molecule has 2 amide bonds. The lowest BCUT2D eigenvalue weighted by atomic mass is 9.64. The van der Waals surface area contributed by atoms with Crippen molar-refractivity contribution in [3.05, 3.63) is 88.0 Å². The van der Waals surface area contributed by atoms with Gasteiger partial charge in [-0.1, -0.05) is 49.8 Å². The first-order valence-corrected chi connectivity index (χ1v) is 13.4. The number of hydrogen-bond acceptors (Lipinski definition) is 3. The van der Waals surface area contributed by atoms with Crippen molar-refractivity contribution in [1.29, 1.82) is 0 Å². The normalized spacial score (nSPS) is 22.9. The number of aliphatic hydroxyl groups is 1. The number of aliphatic imine (C=N–C) groups is 1. The molecule has 3 N–H and O–H groups in total. The second-order valence-corrected chi connectivity index (χ2v) is 10.5. The Balaban J connectivity index is 1.52. The van der Waals surface area contributed by atoms with E-state index in [1.54, 1.807) is 31.2 Å². The molecule has 5 nitrogen and oxygen atoms in total. The van der Waals surface area contributed by atoms with Crippen molar-refractivity contribution < 1.29 is 18.7 Å². The lowest BCUT2D eigenvalue weighted by Gasteiger charge is -2.43. The number of fused-ring (bicyclic) bond motifs is 1. The van der Waals surface area contributed by atoms with Crippen molar-refractivity contribution in [3.63, 3.8) is 0 Å². The molecule has 2 aromatic rings. The minimum atomic E-state index is -0.983. The van der Waals surface area contributed by atoms with Gasteiger partial charge in [0.1, 0.15) is 11.6 Å². The molecule has 1 saturated carbocycles. The fraction of sp³-hybridized carbons (Fsp3) is 0.419. The summed E-state index contributed by atoms with van der Waals surface area (Å²) in [5.74, 6) is -0.760. The van der Waals surface area contributed by atoms with Gasteiger partial charge in [0.25, 0.3) is 0 Å². The maximum Gasteiger partial charge on any atom is 0.319 e. The molecule has 2 aromatic carbocycles. The van der Waals surface area contributed by atoms with Crippen molar-refractivity contribution in [1.82, 2.24) is 5.32 Å². The predicted molar refractivity (Wildman–Crippen MR) is 148 cm³/mol. The standard InChI is InChI=1S/C31H37F2N3O2/c1-4-22-17-25-14-16-31(38,15-13-23-7-6-8-27(33)28(23)36-29(37)35-5-2)30(25,3)18-24(22)20-34-19-21-9-11-26(32)12-10-21/h6-12,17,20,38H,4-5,13-16,18-19H2,1-3H3,(H2,35,36,37). The van der Waals surface area contributed by atoms with Gasteiger partial charge < -0.3 is 15.7 Å². The van der Waals surface area contributed by atoms with Crippen molar-refractivity contribution in [2.45, 2.75) is 71.4 Å². The predicted octanol–water partition coefficient (Wildman–Crippen LogP) is 6.88. The lowest BCUT2D eigenvalue weighted by Crippen LogP contribution is -2.44. The highest BCUT2D eigenvalue weighted by Gasteiger charge is 2.54. The van der Waals surface area contributed by atoms with Crippen LogP contribution in [0.25, 0.3) is 0 Å². The van der Waals surface area contributed by atoms with E-state index in [-0.39, 0.29) is 11.5 Å². The number of urea groups is 1. The molecular weight excluding hydrogens is 484 g/mol. The highest BCUT2D eigenvalue weighted by Crippen LogP contribution is 2.58. The van der Waals surface area contributed by atoms with E-state index in [1.807, 2.05) is 6.21 Å². The Morgan fingerprint density at radius 3 is 2.63 bits per heavy atom. The Morgan fingerprint density at radius 2 is 1.92 bits per heavy atom. The van der Waals surface area contributed by atoms with Crippen LogP contribution in [-0.2, 0) is 13.0 Å². The van der Waals surface area contributed by atoms with Gasteiger partial charge in [-0.25, -0.2) is 13.6 Å². The molecular formula is C31H37F2N3O2. The van der Waals surface area contributed by atoms with Crippen molar-refractivity contribution in [3.8, 4) is 0 Å². The van der Waals surface area contributed by atoms with Gasteiger partial charge in [0.2, 0.25) is 0 Å². The van der Waals surface area contributed by atoms with Crippen molar-refractivity contribution in [2.24, 2.45) is 10.4 Å². The number of benzene rings is 2. The number of halogens is 2. The fourth-order valence-corrected chi connectivity index (χ4v) is 5.79. The first-order chi connectivity index (χ1) is 18.2. The smallest absolute Gasteiger partial charge is 0.319 e. The van der Waals surface area contributed by atoms with Crippen LogP contribution in [0.2, 0.25) is 0 Å². The Morgan fingerprint density at radius 1 is 1.16 bits per heavy atom. The fourth-order valence-electron chi connectivity index (χ4n) is 5.79. The monoisotopic (exact) mass is 521 g/mol. The van der Waals surface area contributed by atoms with E-state index in [4.69, 9.17) is 0 Å². The number of aryl methyl sites for hydroxylation is 1. The van der Waals surface area contributed by atoms with Gasteiger partial charge in [-0.05, 0) is 85.9 Å². The summed E-state index contributed by atoms with van der Waals surface area (Å²) in [6, 6.07) is 10.6. The summed E-state index contributed by atoms with van der Waals surface area (Å²) in [5.41, 5.74) is 3.87. The van der Waals surface area contributed by atoms with Crippen molar-refractivity contribution in [2.75, 3.05) is 11.9 Å². The largest absolute Gasteiger partial charge is 0.389 e. The maximum absolute atomic E-state index is 14.6. The van der Waals surface area contributed by atoms with E-state index in [0.717, 1.165) is 24.0 Å². The van der Waals surface area contributed by atoms with Gasteiger partial charge in [-0.3, -0.25) is 4.99 Å². The molecule has 4 rings (SSSR count). The second-order valence-electron chi connectivity index (χ2n) is 10.5. The quantitative estimate of drug-likeness (QED) is 0.315. The summed E-state index contributed by atoms with van der Waals surface area (Å²) in [5, 5.41) is 17.3. The van der Waals surface area contributed by atoms with Crippen LogP contribution >= 0.6 is 0 Å². The minimum Gasteiger partial charge on any atom is -0.389 e. The van der Waals surface area contributed by atoms with Crippen LogP contribution in [0.1, 0.15) is 64.0 Å². The topological polar surface area (TPSA) is 73.7 Å². The zero-order valence-corrected chi connectivity index (χ0v) is 22.4. The molecule has 202 valence electrons. The molecule has 0 aliphatic heterocycles. The first-order valence-electron chi connectivity index (χ1n) is 13.4. The van der Waals surface area contributed by atoms with Crippen LogP contribution in [0.3, 0.4) is 0 Å². The van der Waals surface area contributed by atoms with Gasteiger partial charge in [-0.2, -0.15) is 0 Å². The molecule has 1 fully saturated rings. The van der Waals surface area contributed by atoms with Crippen LogP contribution in [0.4, 0.5) is 19.3 Å². The number of para-hydroxylation sites is 1. The van der Waals surface area contributed by atoms with E-state index < -0.39 is 22.9 Å². The van der Waals surface area contributed by atoms with Crippen LogP contribution < -0.4 is 10.6 Å². The molecule has 7 heteroatoms. The third-order valence-electron chi connectivity index (χ3n) is 8.15. The van der Waals surface area contributed by atoms with Gasteiger partial charge in [0, 0.05) is 18.2 Å². The highest BCUT2D eigenvalue weighted by atomic mass is 19.1. The van der Waals surface area contributed by atoms with Crippen LogP contribution in [0, 0.1) is 17.0 Å². The van der Waals surface area contributed by atoms with E-state index in [1.165, 1.54) is 29.3 Å². The molecule has 0 heterocycles. The van der Waals surface area contributed by atoms with Gasteiger partial charge in [0.05, 0.1) is 17.8 Å². The Hall–Kier alpha value is -3.32. The molecule has 2 aliphatic carbocycles. The van der Waals surface area contributed by atoms with Crippen LogP contribution in [-0.4, -0.2) is 29.5 Å². The summed E-state index contributed by atoms with van der Waals surface area (Å²) >= 11 is 0. The molecule has 0 spiro atoms. The summed E-state index contributed by atoms with van der Waals surface area (Å²) in [6.07, 6.45) is 7.97. The average molecular weight is 522 g/mol. The number of carbonyl (C=O) groups is 1. The first kappa shape index (κ1) is 27.7. The Labute approximate surface area is 223 Å². The van der Waals surface area contributed by atoms with E-state index in [2.05, 4.69) is 35.5 Å². The zero-order chi connectivity index (χ0) is 27.3. The maximum atomic E-state index is 14.6. The summed E-state index contributed by atoms with van der Waals surface area (Å²) in [7, 11) is 0. The summed E-state index contributed by atoms with van der Waals surface area (Å²) in [6.45, 7) is 6.93. The molecule has 2 unspecified atom stereocenters. The highest BCUT2D eigenvalue weighted by molar-refractivity contribution is 5.90. The number of nitrogens with zero attached hydrogens (tertiary/aromatic N) is 1. The molecule has 0 bridgehead atoms. The Bertz CT molecular complexity index is 1270. The van der Waals surface area contributed by atoms with Gasteiger partial charge >= 0.3 is 6.03 Å². The molecule has 2 aliphatic rings. The SMILES string of the molecule is CCNC(=O)Nc1c(F)cccc1CCC1(O)CCC2=CC(CC)=C(C=NCc3ccc(F)cc3)CC21C. The number of rotatable bonds is 9. The summed E-state index contributed by atoms with van der Waals surface area (Å²) in [4.78, 5) is 16.7. The second kappa shape index (κ2) is 11.6. The number of carbonyl (C=O) groups excluding carboxylic acids is 1. The summed E-state index contributed by atoms with van der Waals surface area (Å²) < 4.78 is 27.9. The molecule has 38 heavy (non-hydrogen) atoms. The van der Waals surface area contributed by atoms with Crippen molar-refractivity contribution >= 4 is 17.9 Å². The third kappa shape index (κ3) is 5.73. The molecule has 0 saturated heterocycles. The average Bonchev–Trinajstić information content (AvgIpc) is 3.15. The number of amides is 2. The third-order valence-corrected chi connectivity index (χ3v) is 8.15. The van der Waals surface area contributed by atoms with Crippen LogP contribution in [0.15, 0.2) is 70.3 Å². The van der Waals surface area contributed by atoms with E-state index in [0.29, 0.717) is 44.3 Å². The van der Waals surface area contributed by atoms with Gasteiger partial charge in [0.15, 0.2) is 0 Å². The molecule has 2 atom stereocenters. The number of anilines is 1. The number of hydrogen-bond donors (Lipinski definition) is 3. The molecule has 0 aromatic heterocycles. The van der Waals surface area contributed by atoms with E-state index >= 15 is 0 Å². The Kier molecular flexibility index (Phi) is 8.46. The van der Waals surface area contributed by atoms with E-state index in [9.17, 15) is 18.7 Å². The molecule has 0 radical (unpaired) electrons. The minimum absolute atomic E-state index is 0.159. The number of nitrogens with one attached hydrogen (secondary N) is 2. The van der Waals surface area contributed by atoms with Gasteiger partial charge in [-0.15, -0.1) is 0 Å². The lowest BCUT2D eigenvalue weighted by molar-refractivity contribution is -0.0459. The van der Waals surface area contributed by atoms with Crippen LogP contribution in [0.5, 0.6) is 0 Å².